The average molecular weight is 345 g/mol. The summed E-state index contributed by atoms with van der Waals surface area (Å²) in [5.74, 6) is -1.42. The van der Waals surface area contributed by atoms with Gasteiger partial charge in [0.2, 0.25) is 0 Å². The molecule has 0 rings (SSSR count). The van der Waals surface area contributed by atoms with Crippen LogP contribution < -0.4 is 0 Å². The van der Waals surface area contributed by atoms with Crippen molar-refractivity contribution in [3.63, 3.8) is 0 Å². The van der Waals surface area contributed by atoms with E-state index in [9.17, 15) is 9.59 Å². The van der Waals surface area contributed by atoms with E-state index in [1.54, 1.807) is 0 Å². The maximum absolute atomic E-state index is 9.60. The van der Waals surface area contributed by atoms with Gasteiger partial charge in [-0.1, -0.05) is 0 Å². The molecule has 0 aromatic carbocycles. The Balaban J connectivity index is -0.0000000370. The molecule has 0 saturated carbocycles. The van der Waals surface area contributed by atoms with Crippen LogP contribution in [0.3, 0.4) is 0 Å². The van der Waals surface area contributed by atoms with E-state index in [0.29, 0.717) is 12.8 Å². The van der Waals surface area contributed by atoms with Crippen molar-refractivity contribution >= 4 is 45.0 Å². The summed E-state index contributed by atoms with van der Waals surface area (Å²) < 4.78 is 0. The van der Waals surface area contributed by atoms with Gasteiger partial charge in [-0.3, -0.25) is 0 Å². The van der Waals surface area contributed by atoms with Crippen LogP contribution in [-0.2, 0) is 9.59 Å². The van der Waals surface area contributed by atoms with Crippen LogP contribution in [0.2, 0.25) is 10.5 Å². The fourth-order valence-electron chi connectivity index (χ4n) is 0.214. The molecule has 90 valence electrons. The van der Waals surface area contributed by atoms with E-state index in [-0.39, 0.29) is 16.4 Å². The van der Waals surface area contributed by atoms with E-state index in [1.165, 1.54) is 0 Å². The van der Waals surface area contributed by atoms with Crippen molar-refractivity contribution < 1.29 is 36.2 Å². The first-order valence-electron chi connectivity index (χ1n) is 3.27. The van der Waals surface area contributed by atoms with Crippen molar-refractivity contribution in [3.05, 3.63) is 0 Å². The van der Waals surface area contributed by atoms with E-state index in [2.05, 4.69) is 0 Å². The standard InChI is InChI=1S/2C3H5GeO2.3H2O/c2*4-2-1-3(5)6;;;/h2*1-2H2,(H,5,6);3*1H2. The van der Waals surface area contributed by atoms with Gasteiger partial charge in [0.25, 0.3) is 0 Å². The van der Waals surface area contributed by atoms with E-state index in [4.69, 9.17) is 10.2 Å². The second-order valence-corrected chi connectivity index (χ2v) is 3.89. The van der Waals surface area contributed by atoms with Gasteiger partial charge >= 0.3 is 88.1 Å². The van der Waals surface area contributed by atoms with E-state index >= 15 is 0 Å². The van der Waals surface area contributed by atoms with Crippen LogP contribution in [0.15, 0.2) is 0 Å². The van der Waals surface area contributed by atoms with Crippen LogP contribution in [0, 0.1) is 0 Å². The summed E-state index contributed by atoms with van der Waals surface area (Å²) in [6, 6.07) is 0. The van der Waals surface area contributed by atoms with Gasteiger partial charge in [0.05, 0.1) is 0 Å². The van der Waals surface area contributed by atoms with Crippen LogP contribution in [-0.4, -0.2) is 71.6 Å². The number of hydrogen-bond acceptors (Lipinski definition) is 2. The molecule has 0 bridgehead atoms. The number of carboxylic acid groups (broad SMARTS) is 2. The summed E-state index contributed by atoms with van der Waals surface area (Å²) in [7, 11) is 0. The predicted octanol–water partition coefficient (Wildman–Crippen LogP) is -2.38. The molecule has 0 fully saturated rings. The molecule has 0 aliphatic heterocycles. The van der Waals surface area contributed by atoms with Gasteiger partial charge in [-0.2, -0.15) is 0 Å². The summed E-state index contributed by atoms with van der Waals surface area (Å²) in [6.07, 6.45) is 0.583. The van der Waals surface area contributed by atoms with Crippen molar-refractivity contribution in [2.45, 2.75) is 23.3 Å². The molecule has 15 heavy (non-hydrogen) atoms. The van der Waals surface area contributed by atoms with Crippen molar-refractivity contribution in [1.29, 1.82) is 0 Å². The third-order valence-corrected chi connectivity index (χ3v) is 1.73. The van der Waals surface area contributed by atoms with Crippen LogP contribution in [0.25, 0.3) is 0 Å². The first kappa shape index (κ1) is 29.4. The Morgan fingerprint density at radius 2 is 1.00 bits per heavy atom. The summed E-state index contributed by atoms with van der Waals surface area (Å²) in [6.45, 7) is 0. The van der Waals surface area contributed by atoms with Crippen molar-refractivity contribution in [3.8, 4) is 0 Å². The Bertz CT molecular complexity index is 125. The van der Waals surface area contributed by atoms with E-state index in [1.807, 2.05) is 33.0 Å². The molecule has 8 N–H and O–H groups in total. The van der Waals surface area contributed by atoms with Gasteiger partial charge in [0.15, 0.2) is 0 Å². The third-order valence-electron chi connectivity index (χ3n) is 0.678. The fraction of sp³-hybridized carbons (Fsp3) is 0.667. The van der Waals surface area contributed by atoms with Crippen LogP contribution in [0.5, 0.6) is 0 Å². The van der Waals surface area contributed by atoms with E-state index < -0.39 is 11.9 Å². The van der Waals surface area contributed by atoms with Crippen molar-refractivity contribution in [1.82, 2.24) is 0 Å². The molecular weight excluding hydrogens is 329 g/mol. The predicted molar refractivity (Wildman–Crippen MR) is 56.5 cm³/mol. The molecule has 7 nitrogen and oxygen atoms in total. The zero-order chi connectivity index (χ0) is 9.98. The van der Waals surface area contributed by atoms with Crippen molar-refractivity contribution in [2.75, 3.05) is 0 Å². The molecule has 0 aromatic heterocycles. The Kier molecular flexibility index (Phi) is 46.2. The Hall–Kier alpha value is -0.0943. The number of hydrogen-bond donors (Lipinski definition) is 2. The molecule has 0 spiro atoms. The van der Waals surface area contributed by atoms with Crippen LogP contribution in [0.1, 0.15) is 12.8 Å². The first-order chi connectivity index (χ1) is 5.54. The molecular formula is C6H16Ge2O7. The SMILES string of the molecule is O.O.O.O=C(O)C[CH2][Ge].O=C(O)C[CH2][Ge]. The summed E-state index contributed by atoms with van der Waals surface area (Å²) in [5, 5.41) is 17.3. The normalized spacial score (nSPS) is 6.53. The topological polar surface area (TPSA) is 169 Å². The Labute approximate surface area is 105 Å². The second-order valence-electron chi connectivity index (χ2n) is 1.79. The minimum atomic E-state index is -0.711. The van der Waals surface area contributed by atoms with Crippen LogP contribution in [0.4, 0.5) is 0 Å². The summed E-state index contributed by atoms with van der Waals surface area (Å²) in [5.41, 5.74) is 0. The van der Waals surface area contributed by atoms with Crippen LogP contribution >= 0.6 is 0 Å². The molecule has 0 unspecified atom stereocenters. The van der Waals surface area contributed by atoms with E-state index in [0.717, 1.165) is 10.5 Å². The minimum absolute atomic E-state index is 0. The molecule has 0 heterocycles. The molecule has 0 atom stereocenters. The number of aliphatic carboxylic acids is 2. The molecule has 0 saturated heterocycles. The zero-order valence-corrected chi connectivity index (χ0v) is 12.2. The summed E-state index contributed by atoms with van der Waals surface area (Å²) in [4.78, 5) is 19.2. The van der Waals surface area contributed by atoms with Gasteiger partial charge in [0, 0.05) is 0 Å². The van der Waals surface area contributed by atoms with Gasteiger partial charge < -0.3 is 16.4 Å². The fourth-order valence-corrected chi connectivity index (χ4v) is 1.11. The monoisotopic (exact) mass is 348 g/mol. The van der Waals surface area contributed by atoms with Gasteiger partial charge in [0.1, 0.15) is 0 Å². The Morgan fingerprint density at radius 3 is 1.00 bits per heavy atom. The zero-order valence-electron chi connectivity index (χ0n) is 8.04. The number of carbonyl (C=O) groups is 2. The number of carboxylic acids is 2. The first-order valence-corrected chi connectivity index (χ1v) is 6.24. The quantitative estimate of drug-likeness (QED) is 0.543. The van der Waals surface area contributed by atoms with Gasteiger partial charge in [-0.15, -0.1) is 0 Å². The van der Waals surface area contributed by atoms with Crippen molar-refractivity contribution in [2.24, 2.45) is 0 Å². The van der Waals surface area contributed by atoms with Gasteiger partial charge in [-0.05, 0) is 0 Å². The Morgan fingerprint density at radius 1 is 0.800 bits per heavy atom. The molecule has 0 aliphatic rings. The molecule has 0 aromatic rings. The summed E-state index contributed by atoms with van der Waals surface area (Å²) >= 11 is 3.68. The average Bonchev–Trinajstić information content (AvgIpc) is 1.87. The molecule has 9 heteroatoms. The maximum atomic E-state index is 9.60. The van der Waals surface area contributed by atoms with Gasteiger partial charge in [-0.25, -0.2) is 0 Å². The second kappa shape index (κ2) is 23.6. The third kappa shape index (κ3) is 56.5. The number of rotatable bonds is 4. The molecule has 0 amide bonds. The molecule has 6 radical (unpaired) electrons. The molecule has 0 aliphatic carbocycles.